The molecule has 17 heteroatoms. The van der Waals surface area contributed by atoms with Gasteiger partial charge in [-0.3, -0.25) is 9.59 Å². The van der Waals surface area contributed by atoms with E-state index in [1.54, 1.807) is 18.2 Å². The summed E-state index contributed by atoms with van der Waals surface area (Å²) in [4.78, 5) is 26.9. The van der Waals surface area contributed by atoms with Crippen molar-refractivity contribution in [3.8, 4) is 28.7 Å². The van der Waals surface area contributed by atoms with Gasteiger partial charge in [0.15, 0.2) is 23.0 Å². The molecule has 5 N–H and O–H groups in total. The van der Waals surface area contributed by atoms with E-state index < -0.39 is 77.7 Å². The molecule has 9 atom stereocenters. The number of hydrogen-bond donors (Lipinski definition) is 5. The predicted molar refractivity (Wildman–Crippen MR) is 153 cm³/mol. The van der Waals surface area contributed by atoms with Crippen LogP contribution in [0.1, 0.15) is 28.7 Å². The summed E-state index contributed by atoms with van der Waals surface area (Å²) in [6.45, 7) is -1.47. The molecule has 3 heterocycles. The number of fused-ring (bicyclic) bond motifs is 3. The number of aliphatic hydroxyl groups is 4. The van der Waals surface area contributed by atoms with E-state index >= 15 is 8.78 Å². The zero-order valence-corrected chi connectivity index (χ0v) is 25.9. The van der Waals surface area contributed by atoms with Gasteiger partial charge in [-0.1, -0.05) is 11.6 Å². The zero-order chi connectivity index (χ0) is 34.0. The number of ether oxygens (including phenoxy) is 7. The number of rotatable bonds is 8. The number of methoxy groups -OCH3 is 3. The van der Waals surface area contributed by atoms with Crippen LogP contribution in [-0.2, 0) is 19.1 Å². The van der Waals surface area contributed by atoms with Crippen molar-refractivity contribution >= 4 is 23.5 Å². The number of hydrogen-bond acceptors (Lipinski definition) is 13. The fraction of sp³-hybridized carbons (Fsp3) is 0.533. The first kappa shape index (κ1) is 33.2. The number of alkyl halides is 3. The van der Waals surface area contributed by atoms with Crippen LogP contribution in [0, 0.1) is 11.8 Å². The molecule has 4 aliphatic rings. The van der Waals surface area contributed by atoms with E-state index in [9.17, 15) is 30.0 Å². The van der Waals surface area contributed by atoms with Crippen LogP contribution < -0.4 is 29.0 Å². The second-order valence-corrected chi connectivity index (χ2v) is 12.1. The van der Waals surface area contributed by atoms with Crippen molar-refractivity contribution in [3.63, 3.8) is 0 Å². The molecule has 1 amide bonds. The summed E-state index contributed by atoms with van der Waals surface area (Å²) in [6, 6.07) is 5.08. The lowest BCUT2D eigenvalue weighted by atomic mass is 9.65. The summed E-state index contributed by atoms with van der Waals surface area (Å²) in [5, 5.41) is 38.9. The molecule has 256 valence electrons. The monoisotopic (exact) mass is 687 g/mol. The Morgan fingerprint density at radius 2 is 1.62 bits per heavy atom. The smallest absolute Gasteiger partial charge is 0.369 e. The third kappa shape index (κ3) is 5.00. The van der Waals surface area contributed by atoms with Gasteiger partial charge in [-0.2, -0.15) is 8.78 Å². The molecule has 2 aromatic rings. The minimum absolute atomic E-state index is 0.138. The van der Waals surface area contributed by atoms with Crippen LogP contribution in [0.5, 0.6) is 28.7 Å². The Hall–Kier alpha value is -3.67. The largest absolute Gasteiger partial charge is 0.493 e. The van der Waals surface area contributed by atoms with Gasteiger partial charge in [0.1, 0.15) is 24.4 Å². The molecule has 0 radical (unpaired) electrons. The molecule has 0 bridgehead atoms. The highest BCUT2D eigenvalue weighted by Crippen LogP contribution is 2.56. The molecule has 6 rings (SSSR count). The third-order valence-electron chi connectivity index (χ3n) is 9.17. The first-order valence-electron chi connectivity index (χ1n) is 14.4. The fourth-order valence-corrected chi connectivity index (χ4v) is 7.14. The normalized spacial score (nSPS) is 32.6. The average Bonchev–Trinajstić information content (AvgIpc) is 3.69. The van der Waals surface area contributed by atoms with Gasteiger partial charge < -0.3 is 58.9 Å². The van der Waals surface area contributed by atoms with Crippen LogP contribution in [0.3, 0.4) is 0 Å². The Morgan fingerprint density at radius 1 is 1.00 bits per heavy atom. The van der Waals surface area contributed by atoms with Crippen LogP contribution in [0.25, 0.3) is 0 Å². The first-order valence-corrected chi connectivity index (χ1v) is 14.8. The van der Waals surface area contributed by atoms with E-state index in [1.165, 1.54) is 27.4 Å². The minimum Gasteiger partial charge on any atom is -0.493 e. The molecule has 2 aromatic carbocycles. The molecule has 0 saturated carbocycles. The van der Waals surface area contributed by atoms with Gasteiger partial charge in [-0.05, 0) is 41.0 Å². The number of amides is 1. The topological polar surface area (TPSA) is 192 Å². The van der Waals surface area contributed by atoms with E-state index in [1.807, 2.05) is 0 Å². The summed E-state index contributed by atoms with van der Waals surface area (Å²) in [5.41, 5.74) is 1.21. The molecule has 3 aliphatic heterocycles. The second-order valence-electron chi connectivity index (χ2n) is 11.5. The van der Waals surface area contributed by atoms with Crippen molar-refractivity contribution in [1.82, 2.24) is 5.32 Å². The van der Waals surface area contributed by atoms with Gasteiger partial charge in [0.05, 0.1) is 46.5 Å². The van der Waals surface area contributed by atoms with Crippen LogP contribution in [-0.4, -0.2) is 109 Å². The standard InChI is InChI=1S/C30H32ClF2NO13/c1-41-17-4-11(5-18(42-2)25(17)43-3)20-12-6-15-16(46-10-45-15)7-13(12)22(14-9-44-27(39)21(14)20)34-28(40)30(32,33)29(31)26(38)24(37)23(36)19(8-35)47-29/h4-7,14,19-24,26,35-38H,8-10H2,1-3H3,(H,34,40)/t14?,19-,20-,21+,22-,23-,24+,26-,29?/m1/s1. The van der Waals surface area contributed by atoms with Gasteiger partial charge in [-0.15, -0.1) is 0 Å². The number of carbonyl (C=O) groups excluding carboxylic acids is 2. The lowest BCUT2D eigenvalue weighted by Gasteiger charge is -2.47. The van der Waals surface area contributed by atoms with Crippen molar-refractivity contribution in [2.75, 3.05) is 41.3 Å². The number of esters is 1. The summed E-state index contributed by atoms with van der Waals surface area (Å²) in [5.74, 6) is -8.77. The van der Waals surface area contributed by atoms with E-state index in [2.05, 4.69) is 5.32 Å². The third-order valence-corrected chi connectivity index (χ3v) is 9.72. The summed E-state index contributed by atoms with van der Waals surface area (Å²) in [6.07, 6.45) is -8.80. The highest BCUT2D eigenvalue weighted by atomic mass is 35.5. The highest BCUT2D eigenvalue weighted by Gasteiger charge is 2.69. The van der Waals surface area contributed by atoms with Gasteiger partial charge in [0.2, 0.25) is 17.6 Å². The fourth-order valence-electron chi connectivity index (χ4n) is 6.81. The molecule has 0 aromatic heterocycles. The molecular weight excluding hydrogens is 656 g/mol. The summed E-state index contributed by atoms with van der Waals surface area (Å²) < 4.78 is 70.1. The van der Waals surface area contributed by atoms with E-state index in [4.69, 9.17) is 44.8 Å². The summed E-state index contributed by atoms with van der Waals surface area (Å²) >= 11 is 6.05. The van der Waals surface area contributed by atoms with Crippen LogP contribution in [0.15, 0.2) is 24.3 Å². The molecule has 2 unspecified atom stereocenters. The predicted octanol–water partition coefficient (Wildman–Crippen LogP) is 0.577. The van der Waals surface area contributed by atoms with Crippen molar-refractivity contribution in [2.24, 2.45) is 11.8 Å². The molecule has 1 aliphatic carbocycles. The van der Waals surface area contributed by atoms with Gasteiger partial charge in [0, 0.05) is 11.8 Å². The molecule has 14 nitrogen and oxygen atoms in total. The zero-order valence-electron chi connectivity index (χ0n) is 25.1. The number of carbonyl (C=O) groups is 2. The van der Waals surface area contributed by atoms with Crippen LogP contribution in [0.4, 0.5) is 8.78 Å². The first-order chi connectivity index (χ1) is 22.3. The highest BCUT2D eigenvalue weighted by molar-refractivity contribution is 6.26. The Kier molecular flexibility index (Phi) is 8.55. The lowest BCUT2D eigenvalue weighted by molar-refractivity contribution is -0.293. The van der Waals surface area contributed by atoms with E-state index in [0.717, 1.165) is 0 Å². The number of benzene rings is 2. The Labute approximate surface area is 271 Å². The van der Waals surface area contributed by atoms with E-state index in [0.29, 0.717) is 22.6 Å². The number of cyclic esters (lactones) is 1. The maximum Gasteiger partial charge on any atom is 0.369 e. The van der Waals surface area contributed by atoms with Gasteiger partial charge in [-0.25, -0.2) is 0 Å². The average molecular weight is 688 g/mol. The van der Waals surface area contributed by atoms with E-state index in [-0.39, 0.29) is 36.2 Å². The van der Waals surface area contributed by atoms with Crippen molar-refractivity contribution in [1.29, 1.82) is 0 Å². The SMILES string of the molecule is COc1cc([C@@H]2c3cc4c(cc3[C@@H](NC(=O)C(F)(F)C3(Cl)O[C@H](CO)[C@@H](O)[C@H](O)[C@H]3O)C3COC(=O)[C@@H]32)OCO4)cc(OC)c1OC. The maximum absolute atomic E-state index is 16.0. The van der Waals surface area contributed by atoms with Crippen molar-refractivity contribution < 1.29 is 72.0 Å². The van der Waals surface area contributed by atoms with Crippen molar-refractivity contribution in [3.05, 3.63) is 41.0 Å². The lowest BCUT2D eigenvalue weighted by Crippen LogP contribution is -2.71. The summed E-state index contributed by atoms with van der Waals surface area (Å²) in [7, 11) is 4.27. The molecular formula is C30H32ClF2NO13. The molecule has 2 saturated heterocycles. The minimum atomic E-state index is -4.77. The van der Waals surface area contributed by atoms with Gasteiger partial charge >= 0.3 is 11.9 Å². The maximum atomic E-state index is 16.0. The molecule has 0 spiro atoms. The Morgan fingerprint density at radius 3 is 2.19 bits per heavy atom. The van der Waals surface area contributed by atoms with Crippen molar-refractivity contribution in [2.45, 2.75) is 47.4 Å². The van der Waals surface area contributed by atoms with Gasteiger partial charge in [0.25, 0.3) is 5.91 Å². The second kappa shape index (κ2) is 12.1. The Balaban J connectivity index is 1.45. The Bertz CT molecular complexity index is 1550. The number of nitrogens with one attached hydrogen (secondary N) is 1. The number of aliphatic hydroxyl groups excluding tert-OH is 4. The van der Waals surface area contributed by atoms with Crippen LogP contribution >= 0.6 is 11.6 Å². The quantitative estimate of drug-likeness (QED) is 0.191. The molecule has 47 heavy (non-hydrogen) atoms. The number of halogens is 3. The molecule has 2 fully saturated rings. The van der Waals surface area contributed by atoms with Crippen LogP contribution in [0.2, 0.25) is 0 Å².